The van der Waals surface area contributed by atoms with E-state index in [4.69, 9.17) is 9.68 Å². The first-order valence-corrected chi connectivity index (χ1v) is 5.56. The molecule has 2 rings (SSSR count). The summed E-state index contributed by atoms with van der Waals surface area (Å²) in [7, 11) is 0. The Morgan fingerprint density at radius 1 is 1.29 bits per heavy atom. The lowest BCUT2D eigenvalue weighted by Gasteiger charge is -2.11. The first kappa shape index (κ1) is 11.4. The maximum atomic E-state index is 8.97. The van der Waals surface area contributed by atoms with E-state index in [-0.39, 0.29) is 6.04 Å². The monoisotopic (exact) mass is 226 g/mol. The van der Waals surface area contributed by atoms with Crippen LogP contribution in [0.25, 0.3) is 0 Å². The molecule has 86 valence electrons. The molecular weight excluding hydrogens is 212 g/mol. The van der Waals surface area contributed by atoms with Crippen molar-refractivity contribution in [3.8, 4) is 6.07 Å². The highest BCUT2D eigenvalue weighted by Crippen LogP contribution is 2.14. The SMILES string of the molecule is CC(NCc1ccccc1C#N)c1ccco1. The standard InChI is InChI=1S/C14H14N2O/c1-11(14-7-4-8-17-14)16-10-13-6-3-2-5-12(13)9-15/h2-8,11,16H,10H2,1H3. The highest BCUT2D eigenvalue weighted by molar-refractivity contribution is 5.37. The Morgan fingerprint density at radius 2 is 2.12 bits per heavy atom. The van der Waals surface area contributed by atoms with Gasteiger partial charge in [-0.1, -0.05) is 18.2 Å². The predicted molar refractivity (Wildman–Crippen MR) is 65.1 cm³/mol. The molecule has 0 aliphatic rings. The summed E-state index contributed by atoms with van der Waals surface area (Å²) >= 11 is 0. The molecule has 0 bridgehead atoms. The van der Waals surface area contributed by atoms with Crippen molar-refractivity contribution < 1.29 is 4.42 Å². The number of furan rings is 1. The highest BCUT2D eigenvalue weighted by Gasteiger charge is 2.08. The van der Waals surface area contributed by atoms with E-state index in [1.807, 2.05) is 43.3 Å². The second-order valence-electron chi connectivity index (χ2n) is 3.89. The zero-order chi connectivity index (χ0) is 12.1. The Morgan fingerprint density at radius 3 is 2.82 bits per heavy atom. The second-order valence-corrected chi connectivity index (χ2v) is 3.89. The predicted octanol–water partition coefficient (Wildman–Crippen LogP) is 3.00. The Hall–Kier alpha value is -2.05. The molecule has 17 heavy (non-hydrogen) atoms. The lowest BCUT2D eigenvalue weighted by molar-refractivity contribution is 0.430. The molecule has 2 aromatic rings. The molecule has 1 aromatic heterocycles. The summed E-state index contributed by atoms with van der Waals surface area (Å²) in [5.74, 6) is 0.902. The Kier molecular flexibility index (Phi) is 3.59. The molecule has 0 fully saturated rings. The topological polar surface area (TPSA) is 49.0 Å². The van der Waals surface area contributed by atoms with Crippen molar-refractivity contribution in [2.45, 2.75) is 19.5 Å². The van der Waals surface area contributed by atoms with Crippen molar-refractivity contribution in [2.75, 3.05) is 0 Å². The fourth-order valence-electron chi connectivity index (χ4n) is 1.68. The van der Waals surface area contributed by atoms with Crippen LogP contribution < -0.4 is 5.32 Å². The van der Waals surface area contributed by atoms with E-state index >= 15 is 0 Å². The first-order chi connectivity index (χ1) is 8.31. The van der Waals surface area contributed by atoms with Crippen LogP contribution in [0.3, 0.4) is 0 Å². The second kappa shape index (κ2) is 5.33. The average Bonchev–Trinajstić information content (AvgIpc) is 2.90. The van der Waals surface area contributed by atoms with Crippen LogP contribution in [-0.2, 0) is 6.54 Å². The molecule has 0 aliphatic carbocycles. The molecule has 0 saturated heterocycles. The van der Waals surface area contributed by atoms with Crippen LogP contribution in [0.1, 0.15) is 29.9 Å². The largest absolute Gasteiger partial charge is 0.468 e. The van der Waals surface area contributed by atoms with Gasteiger partial charge in [0.25, 0.3) is 0 Å². The van der Waals surface area contributed by atoms with Gasteiger partial charge in [-0.15, -0.1) is 0 Å². The van der Waals surface area contributed by atoms with Gasteiger partial charge in [0.15, 0.2) is 0 Å². The molecule has 1 aromatic carbocycles. The van der Waals surface area contributed by atoms with Crippen LogP contribution in [0.5, 0.6) is 0 Å². The quantitative estimate of drug-likeness (QED) is 0.871. The van der Waals surface area contributed by atoms with Gasteiger partial charge in [-0.25, -0.2) is 0 Å². The summed E-state index contributed by atoms with van der Waals surface area (Å²) < 4.78 is 5.31. The number of nitrogens with zero attached hydrogens (tertiary/aromatic N) is 1. The van der Waals surface area contributed by atoms with Gasteiger partial charge >= 0.3 is 0 Å². The van der Waals surface area contributed by atoms with Crippen LogP contribution in [0.4, 0.5) is 0 Å². The van der Waals surface area contributed by atoms with Crippen molar-refractivity contribution in [1.29, 1.82) is 5.26 Å². The number of nitrogens with one attached hydrogen (secondary N) is 1. The van der Waals surface area contributed by atoms with Crippen LogP contribution in [0.2, 0.25) is 0 Å². The number of hydrogen-bond acceptors (Lipinski definition) is 3. The summed E-state index contributed by atoms with van der Waals surface area (Å²) in [5, 5.41) is 12.3. The van der Waals surface area contributed by atoms with Gasteiger partial charge in [0.2, 0.25) is 0 Å². The van der Waals surface area contributed by atoms with E-state index in [2.05, 4.69) is 11.4 Å². The van der Waals surface area contributed by atoms with E-state index in [1.165, 1.54) is 0 Å². The molecule has 1 N–H and O–H groups in total. The van der Waals surface area contributed by atoms with Gasteiger partial charge in [0, 0.05) is 6.54 Å². The summed E-state index contributed by atoms with van der Waals surface area (Å²) in [5.41, 5.74) is 1.72. The smallest absolute Gasteiger partial charge is 0.120 e. The fraction of sp³-hybridized carbons (Fsp3) is 0.214. The minimum Gasteiger partial charge on any atom is -0.468 e. The van der Waals surface area contributed by atoms with Gasteiger partial charge in [-0.3, -0.25) is 0 Å². The third kappa shape index (κ3) is 2.74. The highest BCUT2D eigenvalue weighted by atomic mass is 16.3. The fourth-order valence-corrected chi connectivity index (χ4v) is 1.68. The van der Waals surface area contributed by atoms with E-state index in [0.29, 0.717) is 12.1 Å². The first-order valence-electron chi connectivity index (χ1n) is 5.56. The van der Waals surface area contributed by atoms with Gasteiger partial charge < -0.3 is 9.73 Å². The minimum atomic E-state index is 0.136. The van der Waals surface area contributed by atoms with Gasteiger partial charge in [-0.2, -0.15) is 5.26 Å². The van der Waals surface area contributed by atoms with Crippen molar-refractivity contribution in [3.05, 3.63) is 59.5 Å². The van der Waals surface area contributed by atoms with Crippen molar-refractivity contribution in [3.63, 3.8) is 0 Å². The summed E-state index contributed by atoms with van der Waals surface area (Å²) in [6, 6.07) is 13.7. The van der Waals surface area contributed by atoms with Crippen LogP contribution in [0.15, 0.2) is 47.1 Å². The van der Waals surface area contributed by atoms with Crippen molar-refractivity contribution >= 4 is 0 Å². The maximum Gasteiger partial charge on any atom is 0.120 e. The van der Waals surface area contributed by atoms with E-state index in [9.17, 15) is 0 Å². The van der Waals surface area contributed by atoms with Gasteiger partial charge in [0.05, 0.1) is 23.9 Å². The molecule has 1 heterocycles. The van der Waals surface area contributed by atoms with Gasteiger partial charge in [-0.05, 0) is 30.7 Å². The molecule has 0 aliphatic heterocycles. The third-order valence-electron chi connectivity index (χ3n) is 2.71. The molecule has 0 spiro atoms. The Bertz CT molecular complexity index is 511. The van der Waals surface area contributed by atoms with Crippen molar-refractivity contribution in [2.24, 2.45) is 0 Å². The normalized spacial score (nSPS) is 12.0. The molecule has 0 radical (unpaired) electrons. The molecule has 0 saturated carbocycles. The van der Waals surface area contributed by atoms with Crippen LogP contribution in [-0.4, -0.2) is 0 Å². The number of benzene rings is 1. The minimum absolute atomic E-state index is 0.136. The Balaban J connectivity index is 2.01. The van der Waals surface area contributed by atoms with Crippen LogP contribution >= 0.6 is 0 Å². The molecule has 3 nitrogen and oxygen atoms in total. The Labute approximate surface area is 101 Å². The lowest BCUT2D eigenvalue weighted by atomic mass is 10.1. The summed E-state index contributed by atoms with van der Waals surface area (Å²) in [6.45, 7) is 2.69. The number of nitriles is 1. The van der Waals surface area contributed by atoms with Crippen LogP contribution in [0, 0.1) is 11.3 Å². The number of hydrogen-bond donors (Lipinski definition) is 1. The average molecular weight is 226 g/mol. The maximum absolute atomic E-state index is 8.97. The van der Waals surface area contributed by atoms with Gasteiger partial charge in [0.1, 0.15) is 5.76 Å². The van der Waals surface area contributed by atoms with E-state index in [0.717, 1.165) is 11.3 Å². The summed E-state index contributed by atoms with van der Waals surface area (Å²) in [6.07, 6.45) is 1.66. The molecule has 3 heteroatoms. The summed E-state index contributed by atoms with van der Waals surface area (Å²) in [4.78, 5) is 0. The van der Waals surface area contributed by atoms with E-state index in [1.54, 1.807) is 6.26 Å². The third-order valence-corrected chi connectivity index (χ3v) is 2.71. The molecule has 0 amide bonds. The molecule has 1 unspecified atom stereocenters. The molecule has 1 atom stereocenters. The zero-order valence-electron chi connectivity index (χ0n) is 9.68. The van der Waals surface area contributed by atoms with E-state index < -0.39 is 0 Å². The zero-order valence-corrected chi connectivity index (χ0v) is 9.68. The lowest BCUT2D eigenvalue weighted by Crippen LogP contribution is -2.18. The molecular formula is C14H14N2O. The van der Waals surface area contributed by atoms with Crippen molar-refractivity contribution in [1.82, 2.24) is 5.32 Å². The number of rotatable bonds is 4.